The van der Waals surface area contributed by atoms with Crippen LogP contribution in [0, 0.1) is 0 Å². The minimum Gasteiger partial charge on any atom is -0.489 e. The first-order chi connectivity index (χ1) is 15.5. The summed E-state index contributed by atoms with van der Waals surface area (Å²) in [5.74, 6) is 1.03. The van der Waals surface area contributed by atoms with Crippen molar-refractivity contribution in [3.8, 4) is 11.5 Å². The van der Waals surface area contributed by atoms with Crippen LogP contribution in [-0.4, -0.2) is 43.2 Å². The highest BCUT2D eigenvalue weighted by molar-refractivity contribution is 6.31. The zero-order valence-electron chi connectivity index (χ0n) is 17.4. The van der Waals surface area contributed by atoms with Gasteiger partial charge in [-0.05, 0) is 68.1 Å². The average Bonchev–Trinajstić information content (AvgIpc) is 2.79. The lowest BCUT2D eigenvalue weighted by Gasteiger charge is -2.32. The molecule has 3 N–H and O–H groups in total. The molecule has 170 valence electrons. The summed E-state index contributed by atoms with van der Waals surface area (Å²) in [6.45, 7) is 0.219. The number of nitrogens with one attached hydrogen (secondary N) is 3. The zero-order valence-corrected chi connectivity index (χ0v) is 18.9. The van der Waals surface area contributed by atoms with Gasteiger partial charge in [0, 0.05) is 22.1 Å². The number of fused-ring (bicyclic) bond motifs is 1. The molecule has 0 radical (unpaired) electrons. The molecule has 1 heterocycles. The van der Waals surface area contributed by atoms with Gasteiger partial charge in [0.05, 0.1) is 5.69 Å². The third-order valence-electron chi connectivity index (χ3n) is 5.62. The molecule has 0 spiro atoms. The second kappa shape index (κ2) is 10.3. The lowest BCUT2D eigenvalue weighted by atomic mass is 9.91. The Bertz CT molecular complexity index is 962. The number of halogens is 2. The summed E-state index contributed by atoms with van der Waals surface area (Å²) in [5.41, 5.74) is 0.719. The molecule has 2 aromatic carbocycles. The number of hydrogen-bond acceptors (Lipinski definition) is 5. The fourth-order valence-electron chi connectivity index (χ4n) is 3.92. The molecule has 2 aliphatic rings. The van der Waals surface area contributed by atoms with Crippen molar-refractivity contribution in [2.24, 2.45) is 0 Å². The van der Waals surface area contributed by atoms with Crippen LogP contribution < -0.4 is 25.4 Å². The number of carbonyl (C=O) groups is 2. The Morgan fingerprint density at radius 3 is 2.34 bits per heavy atom. The first kappa shape index (κ1) is 22.6. The fraction of sp³-hybridized carbons (Fsp3) is 0.391. The van der Waals surface area contributed by atoms with Crippen molar-refractivity contribution in [1.82, 2.24) is 10.6 Å². The van der Waals surface area contributed by atoms with E-state index in [1.807, 2.05) is 0 Å². The molecule has 32 heavy (non-hydrogen) atoms. The van der Waals surface area contributed by atoms with Crippen LogP contribution >= 0.6 is 23.2 Å². The van der Waals surface area contributed by atoms with E-state index in [1.54, 1.807) is 42.5 Å². The van der Waals surface area contributed by atoms with E-state index < -0.39 is 6.04 Å². The van der Waals surface area contributed by atoms with E-state index >= 15 is 0 Å². The quantitative estimate of drug-likeness (QED) is 0.588. The maximum Gasteiger partial charge on any atom is 0.258 e. The van der Waals surface area contributed by atoms with Gasteiger partial charge in [-0.1, -0.05) is 23.2 Å². The summed E-state index contributed by atoms with van der Waals surface area (Å²) >= 11 is 11.9. The van der Waals surface area contributed by atoms with E-state index in [1.165, 1.54) is 0 Å². The van der Waals surface area contributed by atoms with Gasteiger partial charge in [-0.25, -0.2) is 0 Å². The minimum absolute atomic E-state index is 0.0445. The van der Waals surface area contributed by atoms with E-state index in [0.29, 0.717) is 21.5 Å². The van der Waals surface area contributed by atoms with Gasteiger partial charge in [0.25, 0.3) is 5.91 Å². The van der Waals surface area contributed by atoms with Crippen LogP contribution in [0.2, 0.25) is 10.0 Å². The largest absolute Gasteiger partial charge is 0.489 e. The van der Waals surface area contributed by atoms with Crippen molar-refractivity contribution >= 4 is 40.7 Å². The van der Waals surface area contributed by atoms with Crippen LogP contribution in [0.25, 0.3) is 0 Å². The van der Waals surface area contributed by atoms with Gasteiger partial charge in [0.1, 0.15) is 24.1 Å². The molecule has 2 aromatic rings. The monoisotopic (exact) mass is 477 g/mol. The van der Waals surface area contributed by atoms with E-state index in [0.717, 1.165) is 31.4 Å². The van der Waals surface area contributed by atoms with E-state index in [4.69, 9.17) is 32.7 Å². The molecule has 1 aliphatic heterocycles. The number of rotatable bonds is 6. The molecule has 9 heteroatoms. The molecule has 4 rings (SSSR count). The summed E-state index contributed by atoms with van der Waals surface area (Å²) in [5, 5.41) is 10.5. The molecule has 1 fully saturated rings. The number of amides is 2. The first-order valence-corrected chi connectivity index (χ1v) is 11.4. The summed E-state index contributed by atoms with van der Waals surface area (Å²) < 4.78 is 11.2. The van der Waals surface area contributed by atoms with Crippen molar-refractivity contribution in [3.63, 3.8) is 0 Å². The highest BCUT2D eigenvalue weighted by atomic mass is 35.5. The van der Waals surface area contributed by atoms with Gasteiger partial charge in [-0.3, -0.25) is 9.59 Å². The van der Waals surface area contributed by atoms with Gasteiger partial charge in [-0.15, -0.1) is 0 Å². The Morgan fingerprint density at radius 2 is 1.62 bits per heavy atom. The Morgan fingerprint density at radius 1 is 0.969 bits per heavy atom. The van der Waals surface area contributed by atoms with Gasteiger partial charge in [0.2, 0.25) is 5.91 Å². The zero-order chi connectivity index (χ0) is 22.5. The average molecular weight is 478 g/mol. The lowest BCUT2D eigenvalue weighted by Crippen LogP contribution is -2.50. The van der Waals surface area contributed by atoms with Gasteiger partial charge >= 0.3 is 0 Å². The van der Waals surface area contributed by atoms with Crippen molar-refractivity contribution in [3.05, 3.63) is 52.5 Å². The van der Waals surface area contributed by atoms with E-state index in [2.05, 4.69) is 16.0 Å². The van der Waals surface area contributed by atoms with Crippen LogP contribution in [0.5, 0.6) is 11.5 Å². The number of benzene rings is 2. The normalized spacial score (nSPS) is 22.0. The van der Waals surface area contributed by atoms with Crippen LogP contribution in [0.1, 0.15) is 25.7 Å². The maximum absolute atomic E-state index is 12.7. The Kier molecular flexibility index (Phi) is 7.27. The summed E-state index contributed by atoms with van der Waals surface area (Å²) in [6.07, 6.45) is 3.19. The number of anilines is 1. The molecule has 0 aromatic heterocycles. The SMILES string of the molecule is O=C(COc1ccc(Cl)cc1)N[C@H]1CC[C@H](NC(=O)C2COc3ccc(Cl)cc3N2)CC1. The molecule has 1 aliphatic carbocycles. The molecule has 1 unspecified atom stereocenters. The van der Waals surface area contributed by atoms with Crippen molar-refractivity contribution in [1.29, 1.82) is 0 Å². The van der Waals surface area contributed by atoms with E-state index in [-0.39, 0.29) is 37.1 Å². The third-order valence-corrected chi connectivity index (χ3v) is 6.10. The topological polar surface area (TPSA) is 88.7 Å². The number of hydrogen-bond donors (Lipinski definition) is 3. The van der Waals surface area contributed by atoms with Crippen LogP contribution in [-0.2, 0) is 9.59 Å². The lowest BCUT2D eigenvalue weighted by molar-refractivity contribution is -0.125. The van der Waals surface area contributed by atoms with Crippen molar-refractivity contribution in [2.75, 3.05) is 18.5 Å². The summed E-state index contributed by atoms with van der Waals surface area (Å²) in [7, 11) is 0. The predicted octanol–water partition coefficient (Wildman–Crippen LogP) is 3.79. The molecule has 2 amide bonds. The molecule has 1 atom stereocenters. The second-order valence-corrected chi connectivity index (χ2v) is 8.89. The molecule has 0 saturated heterocycles. The Balaban J connectivity index is 1.17. The van der Waals surface area contributed by atoms with Gasteiger partial charge in [-0.2, -0.15) is 0 Å². The van der Waals surface area contributed by atoms with Crippen LogP contribution in [0.15, 0.2) is 42.5 Å². The standard InChI is InChI=1S/C23H25Cl2N3O4/c24-14-1-8-18(9-2-14)31-13-22(29)26-16-4-6-17(7-5-16)27-23(30)20-12-32-21-10-3-15(25)11-19(21)28-20/h1-3,8-11,16-17,20,28H,4-7,12-13H2,(H,26,29)(H,27,30)/t16-,17-,20?. The van der Waals surface area contributed by atoms with Crippen molar-refractivity contribution in [2.45, 2.75) is 43.8 Å². The van der Waals surface area contributed by atoms with Crippen LogP contribution in [0.4, 0.5) is 5.69 Å². The molecule has 1 saturated carbocycles. The minimum atomic E-state index is -0.469. The maximum atomic E-state index is 12.7. The molecule has 7 nitrogen and oxygen atoms in total. The Hall–Kier alpha value is -2.64. The predicted molar refractivity (Wildman–Crippen MR) is 124 cm³/mol. The highest BCUT2D eigenvalue weighted by Crippen LogP contribution is 2.31. The van der Waals surface area contributed by atoms with E-state index in [9.17, 15) is 9.59 Å². The molecule has 0 bridgehead atoms. The van der Waals surface area contributed by atoms with Crippen LogP contribution in [0.3, 0.4) is 0 Å². The highest BCUT2D eigenvalue weighted by Gasteiger charge is 2.29. The third kappa shape index (κ3) is 5.99. The summed E-state index contributed by atoms with van der Waals surface area (Å²) in [4.78, 5) is 24.9. The van der Waals surface area contributed by atoms with Gasteiger partial charge in [0.15, 0.2) is 6.61 Å². The number of carbonyl (C=O) groups excluding carboxylic acids is 2. The summed E-state index contributed by atoms with van der Waals surface area (Å²) in [6, 6.07) is 11.9. The fourth-order valence-corrected chi connectivity index (χ4v) is 4.22. The van der Waals surface area contributed by atoms with Gasteiger partial charge < -0.3 is 25.4 Å². The Labute approximate surface area is 196 Å². The second-order valence-electron chi connectivity index (χ2n) is 8.02. The first-order valence-electron chi connectivity index (χ1n) is 10.6. The molecular formula is C23H25Cl2N3O4. The smallest absolute Gasteiger partial charge is 0.258 e. The number of ether oxygens (including phenoxy) is 2. The van der Waals surface area contributed by atoms with Crippen molar-refractivity contribution < 1.29 is 19.1 Å². The molecular weight excluding hydrogens is 453 g/mol.